The first-order valence-electron chi connectivity index (χ1n) is 15.3. The van der Waals surface area contributed by atoms with Crippen LogP contribution in [-0.4, -0.2) is 47.8 Å². The van der Waals surface area contributed by atoms with Crippen molar-refractivity contribution in [2.75, 3.05) is 0 Å². The molecule has 0 bridgehead atoms. The number of primary amides is 1. The lowest BCUT2D eigenvalue weighted by molar-refractivity contribution is -0.133. The number of hydrogen-bond acceptors (Lipinski definition) is 6. The maximum absolute atomic E-state index is 13.9. The summed E-state index contributed by atoms with van der Waals surface area (Å²) in [5.74, 6) is -2.28. The van der Waals surface area contributed by atoms with Crippen LogP contribution in [0.25, 0.3) is 10.8 Å². The second kappa shape index (κ2) is 16.9. The average Bonchev–Trinajstić information content (AvgIpc) is 3.56. The highest BCUT2D eigenvalue weighted by Crippen LogP contribution is 2.18. The van der Waals surface area contributed by atoms with Gasteiger partial charge in [0.2, 0.25) is 23.6 Å². The Morgan fingerprint density at radius 1 is 0.739 bits per heavy atom. The van der Waals surface area contributed by atoms with Gasteiger partial charge >= 0.3 is 0 Å². The van der Waals surface area contributed by atoms with Crippen molar-refractivity contribution in [3.05, 3.63) is 105 Å². The van der Waals surface area contributed by atoms with Crippen LogP contribution in [0, 0.1) is 0 Å². The van der Waals surface area contributed by atoms with Crippen molar-refractivity contribution in [3.63, 3.8) is 0 Å². The van der Waals surface area contributed by atoms with E-state index in [0.717, 1.165) is 39.6 Å². The maximum atomic E-state index is 13.9. The van der Waals surface area contributed by atoms with Crippen LogP contribution in [0.4, 0.5) is 0 Å². The van der Waals surface area contributed by atoms with Gasteiger partial charge in [-0.05, 0) is 51.9 Å². The third-order valence-corrected chi connectivity index (χ3v) is 8.87. The van der Waals surface area contributed by atoms with Crippen LogP contribution in [-0.2, 0) is 38.4 Å². The van der Waals surface area contributed by atoms with Crippen molar-refractivity contribution in [2.24, 2.45) is 11.5 Å². The number of nitrogens with one attached hydrogen (secondary N) is 3. The van der Waals surface area contributed by atoms with Crippen molar-refractivity contribution in [3.8, 4) is 0 Å². The van der Waals surface area contributed by atoms with E-state index in [1.807, 2.05) is 66.9 Å². The molecule has 11 heteroatoms. The summed E-state index contributed by atoms with van der Waals surface area (Å²) < 4.78 is 0. The van der Waals surface area contributed by atoms with Gasteiger partial charge in [0.1, 0.15) is 18.1 Å². The number of unbranched alkanes of at least 4 members (excludes halogenated alkanes) is 1. The molecule has 9 nitrogen and oxygen atoms in total. The Kier molecular flexibility index (Phi) is 12.7. The highest BCUT2D eigenvalue weighted by molar-refractivity contribution is 7.09. The van der Waals surface area contributed by atoms with E-state index in [1.165, 1.54) is 11.3 Å². The molecule has 0 fully saturated rings. The highest BCUT2D eigenvalue weighted by atomic mass is 35.5. The molecule has 1 heterocycles. The number of nitrogens with two attached hydrogens (primary N) is 2. The first-order valence-corrected chi connectivity index (χ1v) is 16.6. The standard InChI is InChI=1S/C35H40ClN5O4S/c1-2-3-10-28(37)33(43)40-30(19-22-12-15-26(36)16-13-22)35(45)41-31(20-23-11-14-24-7-4-5-8-25(24)18-23)34(44)39-29(32(38)42)21-27-9-6-17-46-27/h4-9,11-18,28-31H,2-3,10,19-21,37H2,1H3,(H2,38,42)(H,39,44)(H,40,43)(H,41,45)/t28?,29-,30?,31?/m0/s1. The number of hydrogen-bond donors (Lipinski definition) is 5. The first-order chi connectivity index (χ1) is 22.1. The van der Waals surface area contributed by atoms with Crippen molar-refractivity contribution >= 4 is 57.3 Å². The van der Waals surface area contributed by atoms with Gasteiger partial charge in [-0.2, -0.15) is 0 Å². The van der Waals surface area contributed by atoms with Gasteiger partial charge in [0.25, 0.3) is 0 Å². The molecule has 0 radical (unpaired) electrons. The molecular weight excluding hydrogens is 622 g/mol. The summed E-state index contributed by atoms with van der Waals surface area (Å²) in [5, 5.41) is 12.8. The quantitative estimate of drug-likeness (QED) is 0.123. The Labute approximate surface area is 278 Å². The highest BCUT2D eigenvalue weighted by Gasteiger charge is 2.30. The normalized spacial score (nSPS) is 13.7. The SMILES string of the molecule is CCCCC(N)C(=O)NC(Cc1ccc(Cl)cc1)C(=O)NC(Cc1ccc2ccccc2c1)C(=O)N[C@@H](Cc1cccs1)C(N)=O. The maximum Gasteiger partial charge on any atom is 0.243 e. The minimum Gasteiger partial charge on any atom is -0.368 e. The molecule has 3 aromatic carbocycles. The number of rotatable bonds is 16. The molecule has 0 aliphatic heterocycles. The summed E-state index contributed by atoms with van der Waals surface area (Å²) in [6.07, 6.45) is 2.61. The van der Waals surface area contributed by atoms with Crippen molar-refractivity contribution in [1.82, 2.24) is 16.0 Å². The molecular formula is C35H40ClN5O4S. The van der Waals surface area contributed by atoms with Crippen LogP contribution in [0.1, 0.15) is 42.2 Å². The summed E-state index contributed by atoms with van der Waals surface area (Å²) in [5.41, 5.74) is 13.4. The topological polar surface area (TPSA) is 156 Å². The van der Waals surface area contributed by atoms with Crippen LogP contribution in [0.5, 0.6) is 0 Å². The number of fused-ring (bicyclic) bond motifs is 1. The predicted molar refractivity (Wildman–Crippen MR) is 183 cm³/mol. The van der Waals surface area contributed by atoms with E-state index in [-0.39, 0.29) is 19.3 Å². The molecule has 0 aliphatic carbocycles. The second-order valence-electron chi connectivity index (χ2n) is 11.3. The molecule has 4 aromatic rings. The molecule has 46 heavy (non-hydrogen) atoms. The molecule has 1 aromatic heterocycles. The Bertz CT molecular complexity index is 1630. The van der Waals surface area contributed by atoms with Crippen molar-refractivity contribution in [1.29, 1.82) is 0 Å². The fourth-order valence-corrected chi connectivity index (χ4v) is 5.99. The van der Waals surface area contributed by atoms with E-state index in [2.05, 4.69) is 16.0 Å². The van der Waals surface area contributed by atoms with Crippen molar-refractivity contribution in [2.45, 2.75) is 69.6 Å². The number of halogens is 1. The smallest absolute Gasteiger partial charge is 0.243 e. The Balaban J connectivity index is 1.60. The molecule has 0 aliphatic rings. The van der Waals surface area contributed by atoms with E-state index < -0.39 is 47.8 Å². The van der Waals surface area contributed by atoms with Gasteiger partial charge in [0.15, 0.2) is 0 Å². The van der Waals surface area contributed by atoms with Gasteiger partial charge < -0.3 is 27.4 Å². The number of thiophene rings is 1. The molecule has 4 atom stereocenters. The van der Waals surface area contributed by atoms with Crippen LogP contribution >= 0.6 is 22.9 Å². The first kappa shape index (κ1) is 34.6. The minimum atomic E-state index is -1.09. The van der Waals surface area contributed by atoms with Gasteiger partial charge in [0.05, 0.1) is 6.04 Å². The summed E-state index contributed by atoms with van der Waals surface area (Å²) >= 11 is 7.52. The van der Waals surface area contributed by atoms with E-state index >= 15 is 0 Å². The predicted octanol–water partition coefficient (Wildman–Crippen LogP) is 4.04. The Morgan fingerprint density at radius 3 is 1.98 bits per heavy atom. The zero-order valence-corrected chi connectivity index (χ0v) is 27.3. The zero-order valence-electron chi connectivity index (χ0n) is 25.7. The lowest BCUT2D eigenvalue weighted by Crippen LogP contribution is -2.58. The second-order valence-corrected chi connectivity index (χ2v) is 12.8. The van der Waals surface area contributed by atoms with Crippen molar-refractivity contribution < 1.29 is 19.2 Å². The van der Waals surface area contributed by atoms with E-state index in [9.17, 15) is 19.2 Å². The number of benzene rings is 3. The van der Waals surface area contributed by atoms with Gasteiger partial charge in [-0.1, -0.05) is 92.0 Å². The van der Waals surface area contributed by atoms with E-state index in [1.54, 1.807) is 24.3 Å². The van der Waals surface area contributed by atoms with Gasteiger partial charge in [0, 0.05) is 29.2 Å². The average molecular weight is 662 g/mol. The lowest BCUT2D eigenvalue weighted by atomic mass is 9.99. The fourth-order valence-electron chi connectivity index (χ4n) is 5.11. The summed E-state index contributed by atoms with van der Waals surface area (Å²) in [6.45, 7) is 2.01. The largest absolute Gasteiger partial charge is 0.368 e. The minimum absolute atomic E-state index is 0.129. The van der Waals surface area contributed by atoms with Gasteiger partial charge in [-0.15, -0.1) is 11.3 Å². The summed E-state index contributed by atoms with van der Waals surface area (Å²) in [7, 11) is 0. The van der Waals surface area contributed by atoms with E-state index in [0.29, 0.717) is 11.4 Å². The molecule has 0 spiro atoms. The van der Waals surface area contributed by atoms with Crippen LogP contribution in [0.2, 0.25) is 5.02 Å². The number of amides is 4. The molecule has 4 amide bonds. The molecule has 0 saturated heterocycles. The fraction of sp³-hybridized carbons (Fsp3) is 0.314. The molecule has 3 unspecified atom stereocenters. The lowest BCUT2D eigenvalue weighted by Gasteiger charge is -2.26. The van der Waals surface area contributed by atoms with Gasteiger partial charge in [-0.25, -0.2) is 0 Å². The molecule has 242 valence electrons. The number of carbonyl (C=O) groups excluding carboxylic acids is 4. The Morgan fingerprint density at radius 2 is 1.35 bits per heavy atom. The molecule has 0 saturated carbocycles. The molecule has 4 rings (SSSR count). The van der Waals surface area contributed by atoms with Crippen LogP contribution < -0.4 is 27.4 Å². The van der Waals surface area contributed by atoms with E-state index in [4.69, 9.17) is 23.1 Å². The summed E-state index contributed by atoms with van der Waals surface area (Å²) in [6, 6.07) is 20.4. The van der Waals surface area contributed by atoms with Gasteiger partial charge in [-0.3, -0.25) is 19.2 Å². The van der Waals surface area contributed by atoms with Crippen LogP contribution in [0.15, 0.2) is 84.2 Å². The monoisotopic (exact) mass is 661 g/mol. The third kappa shape index (κ3) is 10.1. The zero-order chi connectivity index (χ0) is 33.1. The van der Waals surface area contributed by atoms with Crippen LogP contribution in [0.3, 0.4) is 0 Å². The molecule has 7 N–H and O–H groups in total. The summed E-state index contributed by atoms with van der Waals surface area (Å²) in [4.78, 5) is 54.0. The number of carbonyl (C=O) groups is 4. The Hall–Kier alpha value is -4.25. The third-order valence-electron chi connectivity index (χ3n) is 7.72.